The third-order valence-electron chi connectivity index (χ3n) is 3.74. The van der Waals surface area contributed by atoms with E-state index in [1.54, 1.807) is 24.0 Å². The van der Waals surface area contributed by atoms with Gasteiger partial charge in [0.1, 0.15) is 17.6 Å². The SMILES string of the molecule is C=C(C)CSCc1c(Oc2ccc(F)c(C#N)c2)c(F)cc2[nH]ccc12. The number of aromatic nitrogens is 1. The van der Waals surface area contributed by atoms with Gasteiger partial charge in [0.05, 0.1) is 5.56 Å². The summed E-state index contributed by atoms with van der Waals surface area (Å²) in [6, 6.07) is 8.76. The lowest BCUT2D eigenvalue weighted by atomic mass is 10.1. The van der Waals surface area contributed by atoms with Crippen molar-refractivity contribution in [3.63, 3.8) is 0 Å². The average Bonchev–Trinajstić information content (AvgIpc) is 3.06. The smallest absolute Gasteiger partial charge is 0.168 e. The van der Waals surface area contributed by atoms with E-state index in [0.29, 0.717) is 16.8 Å². The van der Waals surface area contributed by atoms with Gasteiger partial charge in [0.25, 0.3) is 0 Å². The van der Waals surface area contributed by atoms with Crippen LogP contribution in [0.15, 0.2) is 48.7 Å². The van der Waals surface area contributed by atoms with Crippen LogP contribution < -0.4 is 4.74 Å². The number of nitriles is 1. The van der Waals surface area contributed by atoms with Crippen molar-refractivity contribution < 1.29 is 13.5 Å². The normalized spacial score (nSPS) is 10.7. The van der Waals surface area contributed by atoms with Crippen LogP contribution in [0, 0.1) is 23.0 Å². The van der Waals surface area contributed by atoms with Crippen molar-refractivity contribution in [1.82, 2.24) is 4.98 Å². The van der Waals surface area contributed by atoms with Crippen LogP contribution in [0.25, 0.3) is 10.9 Å². The van der Waals surface area contributed by atoms with Crippen LogP contribution in [-0.2, 0) is 5.75 Å². The fourth-order valence-corrected chi connectivity index (χ4v) is 3.52. The summed E-state index contributed by atoms with van der Waals surface area (Å²) < 4.78 is 33.9. The summed E-state index contributed by atoms with van der Waals surface area (Å²) in [6.45, 7) is 5.81. The molecule has 0 aliphatic heterocycles. The highest BCUT2D eigenvalue weighted by atomic mass is 32.2. The Balaban J connectivity index is 2.02. The zero-order valence-corrected chi connectivity index (χ0v) is 14.9. The Labute approximate surface area is 154 Å². The maximum absolute atomic E-state index is 14.7. The monoisotopic (exact) mass is 370 g/mol. The molecule has 3 nitrogen and oxygen atoms in total. The summed E-state index contributed by atoms with van der Waals surface area (Å²) in [6.07, 6.45) is 1.74. The molecule has 0 aliphatic carbocycles. The second-order valence-electron chi connectivity index (χ2n) is 5.91. The van der Waals surface area contributed by atoms with Crippen molar-refractivity contribution in [2.24, 2.45) is 0 Å². The quantitative estimate of drug-likeness (QED) is 0.548. The van der Waals surface area contributed by atoms with Gasteiger partial charge in [-0.05, 0) is 25.1 Å². The second kappa shape index (κ2) is 7.63. The van der Waals surface area contributed by atoms with Crippen molar-refractivity contribution in [1.29, 1.82) is 5.26 Å². The van der Waals surface area contributed by atoms with E-state index in [0.717, 1.165) is 22.8 Å². The summed E-state index contributed by atoms with van der Waals surface area (Å²) >= 11 is 1.60. The van der Waals surface area contributed by atoms with Crippen LogP contribution in [0.1, 0.15) is 18.1 Å². The first-order valence-electron chi connectivity index (χ1n) is 7.87. The molecule has 0 bridgehead atoms. The van der Waals surface area contributed by atoms with Crippen molar-refractivity contribution in [3.05, 3.63) is 71.4 Å². The zero-order chi connectivity index (χ0) is 18.7. The standard InChI is InChI=1S/C20H16F2N2OS/c1-12(2)10-26-11-16-15-5-6-24-19(15)8-18(22)20(16)25-14-3-4-17(21)13(7-14)9-23/h3-8,24H,1,10-11H2,2H3. The lowest BCUT2D eigenvalue weighted by Crippen LogP contribution is -1.97. The summed E-state index contributed by atoms with van der Waals surface area (Å²) in [5, 5.41) is 9.82. The topological polar surface area (TPSA) is 48.8 Å². The minimum absolute atomic E-state index is 0.0850. The minimum Gasteiger partial charge on any atom is -0.454 e. The van der Waals surface area contributed by atoms with Crippen LogP contribution in [0.4, 0.5) is 8.78 Å². The second-order valence-corrected chi connectivity index (χ2v) is 6.90. The number of benzene rings is 2. The summed E-state index contributed by atoms with van der Waals surface area (Å²) in [5.74, 6) is 0.412. The number of H-pyrrole nitrogens is 1. The Hall–Kier alpha value is -2.78. The molecule has 2 aromatic carbocycles. The molecule has 1 heterocycles. The van der Waals surface area contributed by atoms with E-state index < -0.39 is 11.6 Å². The Morgan fingerprint density at radius 1 is 1.27 bits per heavy atom. The lowest BCUT2D eigenvalue weighted by Gasteiger charge is -2.14. The molecule has 0 atom stereocenters. The molecular formula is C20H16F2N2OS. The van der Waals surface area contributed by atoms with Crippen LogP contribution in [0.2, 0.25) is 0 Å². The van der Waals surface area contributed by atoms with Crippen LogP contribution in [0.5, 0.6) is 11.5 Å². The van der Waals surface area contributed by atoms with E-state index in [1.807, 2.05) is 13.0 Å². The van der Waals surface area contributed by atoms with Gasteiger partial charge in [0, 0.05) is 46.3 Å². The molecule has 0 aliphatic rings. The number of rotatable bonds is 6. The number of halogens is 2. The van der Waals surface area contributed by atoms with E-state index in [4.69, 9.17) is 10.00 Å². The van der Waals surface area contributed by atoms with E-state index in [9.17, 15) is 8.78 Å². The number of hydrogen-bond acceptors (Lipinski definition) is 3. The van der Waals surface area contributed by atoms with Crippen molar-refractivity contribution in [3.8, 4) is 17.6 Å². The predicted octanol–water partition coefficient (Wildman–Crippen LogP) is 5.92. The number of fused-ring (bicyclic) bond motifs is 1. The summed E-state index contributed by atoms with van der Waals surface area (Å²) in [7, 11) is 0. The molecule has 0 fully saturated rings. The average molecular weight is 370 g/mol. The first kappa shape index (κ1) is 18.0. The van der Waals surface area contributed by atoms with Crippen molar-refractivity contribution in [2.45, 2.75) is 12.7 Å². The molecule has 3 aromatic rings. The molecule has 3 rings (SSSR count). The van der Waals surface area contributed by atoms with Gasteiger partial charge in [-0.15, -0.1) is 0 Å². The van der Waals surface area contributed by atoms with E-state index in [1.165, 1.54) is 18.2 Å². The molecule has 26 heavy (non-hydrogen) atoms. The van der Waals surface area contributed by atoms with E-state index in [-0.39, 0.29) is 17.1 Å². The first-order chi connectivity index (χ1) is 12.5. The fourth-order valence-electron chi connectivity index (χ4n) is 2.58. The number of hydrogen-bond donors (Lipinski definition) is 1. The maximum atomic E-state index is 14.7. The molecule has 0 saturated carbocycles. The van der Waals surface area contributed by atoms with Gasteiger partial charge in [0.2, 0.25) is 0 Å². The fraction of sp³-hybridized carbons (Fsp3) is 0.150. The van der Waals surface area contributed by atoms with Gasteiger partial charge in [-0.25, -0.2) is 8.78 Å². The molecule has 0 saturated heterocycles. The van der Waals surface area contributed by atoms with Gasteiger partial charge in [0.15, 0.2) is 11.6 Å². The molecule has 1 N–H and O–H groups in total. The molecule has 1 aromatic heterocycles. The van der Waals surface area contributed by atoms with Gasteiger partial charge < -0.3 is 9.72 Å². The van der Waals surface area contributed by atoms with Gasteiger partial charge in [-0.2, -0.15) is 17.0 Å². The third-order valence-corrected chi connectivity index (χ3v) is 4.93. The molecule has 0 unspecified atom stereocenters. The Morgan fingerprint density at radius 2 is 2.08 bits per heavy atom. The highest BCUT2D eigenvalue weighted by Crippen LogP contribution is 2.37. The van der Waals surface area contributed by atoms with E-state index in [2.05, 4.69) is 11.6 Å². The largest absolute Gasteiger partial charge is 0.454 e. The predicted molar refractivity (Wildman–Crippen MR) is 100 cm³/mol. The maximum Gasteiger partial charge on any atom is 0.168 e. The van der Waals surface area contributed by atoms with Crippen LogP contribution >= 0.6 is 11.8 Å². The third kappa shape index (κ3) is 3.73. The highest BCUT2D eigenvalue weighted by Gasteiger charge is 2.17. The molecule has 6 heteroatoms. The first-order valence-corrected chi connectivity index (χ1v) is 9.03. The molecule has 0 spiro atoms. The van der Waals surface area contributed by atoms with Crippen molar-refractivity contribution >= 4 is 22.7 Å². The number of nitrogens with one attached hydrogen (secondary N) is 1. The number of aromatic amines is 1. The Morgan fingerprint density at radius 3 is 2.81 bits per heavy atom. The molecule has 0 amide bonds. The Bertz CT molecular complexity index is 1020. The summed E-state index contributed by atoms with van der Waals surface area (Å²) in [4.78, 5) is 3.00. The number of nitrogens with zero attached hydrogens (tertiary/aromatic N) is 1. The lowest BCUT2D eigenvalue weighted by molar-refractivity contribution is 0.438. The number of thioether (sulfide) groups is 1. The zero-order valence-electron chi connectivity index (χ0n) is 14.1. The van der Waals surface area contributed by atoms with Crippen LogP contribution in [-0.4, -0.2) is 10.7 Å². The van der Waals surface area contributed by atoms with Gasteiger partial charge in [-0.1, -0.05) is 12.2 Å². The number of ether oxygens (including phenoxy) is 1. The molecular weight excluding hydrogens is 354 g/mol. The van der Waals surface area contributed by atoms with Crippen LogP contribution in [0.3, 0.4) is 0 Å². The molecule has 132 valence electrons. The van der Waals surface area contributed by atoms with Gasteiger partial charge >= 0.3 is 0 Å². The summed E-state index contributed by atoms with van der Waals surface area (Å²) in [5.41, 5.74) is 2.26. The highest BCUT2D eigenvalue weighted by molar-refractivity contribution is 7.98. The van der Waals surface area contributed by atoms with E-state index >= 15 is 0 Å². The Kier molecular flexibility index (Phi) is 5.29. The van der Waals surface area contributed by atoms with Crippen molar-refractivity contribution in [2.75, 3.05) is 5.75 Å². The molecule has 0 radical (unpaired) electrons. The van der Waals surface area contributed by atoms with Gasteiger partial charge in [-0.3, -0.25) is 0 Å². The minimum atomic E-state index is -0.640.